The molecule has 1 rings (SSSR count). The normalized spacial score (nSPS) is 14.5. The molecule has 0 aromatic carbocycles. The first-order chi connectivity index (χ1) is 11.5. The number of rotatable bonds is 10. The van der Waals surface area contributed by atoms with E-state index in [1.165, 1.54) is 24.3 Å². The zero-order valence-corrected chi connectivity index (χ0v) is 17.6. The first kappa shape index (κ1) is 29.7. The summed E-state index contributed by atoms with van der Waals surface area (Å²) in [4.78, 5) is 25.9. The summed E-state index contributed by atoms with van der Waals surface area (Å²) < 4.78 is 11.5. The average Bonchev–Trinajstić information content (AvgIpc) is 2.60. The molecule has 0 radical (unpaired) electrons. The van der Waals surface area contributed by atoms with E-state index >= 15 is 0 Å². The van der Waals surface area contributed by atoms with Crippen molar-refractivity contribution >= 4 is 16.3 Å². The van der Waals surface area contributed by atoms with Crippen molar-refractivity contribution in [3.63, 3.8) is 0 Å². The van der Waals surface area contributed by atoms with E-state index in [-0.39, 0.29) is 38.4 Å². The Balaban J connectivity index is -0.000000381. The van der Waals surface area contributed by atoms with Crippen LogP contribution in [0, 0.1) is 6.58 Å². The second-order valence-corrected chi connectivity index (χ2v) is 5.64. The minimum atomic E-state index is -0.213. The van der Waals surface area contributed by atoms with E-state index in [0.29, 0.717) is 26.3 Å². The van der Waals surface area contributed by atoms with E-state index in [4.69, 9.17) is 16.1 Å². The van der Waals surface area contributed by atoms with Gasteiger partial charge in [0.05, 0.1) is 6.61 Å². The van der Waals surface area contributed by atoms with Gasteiger partial charge in [-0.2, -0.15) is 0 Å². The van der Waals surface area contributed by atoms with Gasteiger partial charge in [-0.1, -0.05) is 14.9 Å². The van der Waals surface area contributed by atoms with Gasteiger partial charge in [-0.05, 0) is 7.05 Å². The number of methoxy groups -OCH3 is 2. The summed E-state index contributed by atoms with van der Waals surface area (Å²) in [6.45, 7) is 8.62. The number of β-lactam (4-membered cyclic amide) rings is 1. The predicted octanol–water partition coefficient (Wildman–Crippen LogP) is -0.361. The number of hydrogen-bond acceptors (Lipinski definition) is 6. The number of hydrogen-bond donors (Lipinski definition) is 2. The molecule has 2 amide bonds. The molecule has 1 atom stereocenters. The Labute approximate surface area is 169 Å². The third-order valence-electron chi connectivity index (χ3n) is 3.35. The van der Waals surface area contributed by atoms with Crippen LogP contribution in [0.1, 0.15) is 14.9 Å². The van der Waals surface area contributed by atoms with Crippen LogP contribution in [-0.4, -0.2) is 93.3 Å². The minimum absolute atomic E-state index is 0. The van der Waals surface area contributed by atoms with Gasteiger partial charge in [0.25, 0.3) is 0 Å². The van der Waals surface area contributed by atoms with Crippen LogP contribution in [0.2, 0.25) is 0 Å². The van der Waals surface area contributed by atoms with Gasteiger partial charge in [0.2, 0.25) is 5.91 Å². The zero-order chi connectivity index (χ0) is 18.5. The summed E-state index contributed by atoms with van der Waals surface area (Å²) in [7, 11) is 6.65. The molecule has 26 heavy (non-hydrogen) atoms. The number of likely N-dealkylation sites (N-methyl/N-ethyl adjacent to an activating group) is 2. The molecule has 0 aromatic rings. The fraction of sp³-hybridized carbons (Fsp3) is 0.706. The first-order valence-electron chi connectivity index (χ1n) is 7.47. The maximum atomic E-state index is 11.4. The quantitative estimate of drug-likeness (QED) is 0.223. The monoisotopic (exact) mass is 543 g/mol. The molecular formula is C17H35N4O4W-. The molecule has 0 saturated carbocycles. The van der Waals surface area contributed by atoms with Gasteiger partial charge in [-0.25, -0.2) is 0 Å². The van der Waals surface area contributed by atoms with Crippen molar-refractivity contribution in [2.24, 2.45) is 0 Å². The Morgan fingerprint density at radius 1 is 1.35 bits per heavy atom. The van der Waals surface area contributed by atoms with Gasteiger partial charge in [0.1, 0.15) is 6.04 Å². The molecule has 1 heterocycles. The first-order valence-corrected chi connectivity index (χ1v) is 9.16. The molecule has 0 aliphatic carbocycles. The number of likely N-dealkylation sites (tertiary alicyclic amines) is 1. The van der Waals surface area contributed by atoms with Crippen LogP contribution >= 0.6 is 0 Å². The Morgan fingerprint density at radius 2 is 1.92 bits per heavy atom. The fourth-order valence-corrected chi connectivity index (χ4v) is 2.49. The average molecular weight is 543 g/mol. The summed E-state index contributed by atoms with van der Waals surface area (Å²) >= 11 is 1.20. The molecule has 2 N–H and O–H groups in total. The van der Waals surface area contributed by atoms with E-state index in [1.54, 1.807) is 37.7 Å². The summed E-state index contributed by atoms with van der Waals surface area (Å²) in [6, 6.07) is 0.0480. The van der Waals surface area contributed by atoms with Gasteiger partial charge in [-0.15, -0.1) is 0 Å². The number of nitrogens with zero attached hydrogens (tertiary/aromatic N) is 2. The fourth-order valence-electron chi connectivity index (χ4n) is 1.77. The van der Waals surface area contributed by atoms with E-state index in [0.717, 1.165) is 6.54 Å². The van der Waals surface area contributed by atoms with E-state index < -0.39 is 0 Å². The van der Waals surface area contributed by atoms with Crippen LogP contribution in [0.3, 0.4) is 0 Å². The molecule has 0 spiro atoms. The standard InChI is InChI=1S/C8H13N2O2.C7H14N2O2.2CH4.W/c1-7(9-2)8(11)10(3)5-6-12-4;1-8-6-5-9(7(6)10)3-4-11-2;;;/h1,3,9H,5-6H2,2,4H3;6,8H,3-5H2,1-2H3;2*1H4;/q-1;;;;/t;6-;;;/m.0.../s1. The molecule has 9 heteroatoms. The van der Waals surface area contributed by atoms with Crippen molar-refractivity contribution in [2.75, 3.05) is 61.2 Å². The van der Waals surface area contributed by atoms with Crippen molar-refractivity contribution in [3.05, 3.63) is 12.3 Å². The van der Waals surface area contributed by atoms with Gasteiger partial charge >= 0.3 is 89.1 Å². The molecule has 0 aromatic heterocycles. The summed E-state index contributed by atoms with van der Waals surface area (Å²) in [5.74, 6) is -0.0286. The summed E-state index contributed by atoms with van der Waals surface area (Å²) in [6.07, 6.45) is 0. The molecule has 1 aliphatic heterocycles. The van der Waals surface area contributed by atoms with E-state index in [1.807, 2.05) is 0 Å². The summed E-state index contributed by atoms with van der Waals surface area (Å²) in [5, 5.41) is 5.53. The number of carbonyl (C=O) groups excluding carboxylic acids is 2. The second kappa shape index (κ2) is 17.3. The van der Waals surface area contributed by atoms with Crippen LogP contribution in [0.25, 0.3) is 0 Å². The Hall–Kier alpha value is -1.08. The van der Waals surface area contributed by atoms with Crippen molar-refractivity contribution in [1.29, 1.82) is 0 Å². The molecule has 8 nitrogen and oxygen atoms in total. The third kappa shape index (κ3) is 10.2. The Kier molecular flexibility index (Phi) is 19.8. The zero-order valence-electron chi connectivity index (χ0n) is 14.7. The molecule has 0 bridgehead atoms. The van der Waals surface area contributed by atoms with Gasteiger partial charge in [-0.3, -0.25) is 4.79 Å². The predicted molar refractivity (Wildman–Crippen MR) is 101 cm³/mol. The Bertz CT molecular complexity index is 433. The number of carbonyl (C=O) groups is 2. The van der Waals surface area contributed by atoms with Gasteiger partial charge < -0.3 is 15.0 Å². The second-order valence-electron chi connectivity index (χ2n) is 4.88. The molecule has 1 fully saturated rings. The van der Waals surface area contributed by atoms with Gasteiger partial charge in [0.15, 0.2) is 0 Å². The van der Waals surface area contributed by atoms with Crippen molar-refractivity contribution in [2.45, 2.75) is 20.9 Å². The van der Waals surface area contributed by atoms with Crippen LogP contribution in [0.5, 0.6) is 0 Å². The van der Waals surface area contributed by atoms with Crippen LogP contribution in [0.4, 0.5) is 0 Å². The number of nitrogens with one attached hydrogen (secondary N) is 2. The van der Waals surface area contributed by atoms with E-state index in [9.17, 15) is 9.59 Å². The summed E-state index contributed by atoms with van der Waals surface area (Å²) in [5.41, 5.74) is 0.147. The molecule has 1 aliphatic rings. The third-order valence-corrected chi connectivity index (χ3v) is 4.26. The van der Waals surface area contributed by atoms with E-state index in [2.05, 4.69) is 10.6 Å². The molecular weight excluding hydrogens is 508 g/mol. The molecule has 0 unspecified atom stereocenters. The van der Waals surface area contributed by atoms with Crippen molar-refractivity contribution in [1.82, 2.24) is 20.4 Å². The molecule has 1 saturated heterocycles. The van der Waals surface area contributed by atoms with Crippen LogP contribution in [0.15, 0.2) is 5.70 Å². The van der Waals surface area contributed by atoms with Crippen LogP contribution < -0.4 is 10.6 Å². The topological polar surface area (TPSA) is 83.1 Å². The Morgan fingerprint density at radius 3 is 2.31 bits per heavy atom. The van der Waals surface area contributed by atoms with Crippen molar-refractivity contribution < 1.29 is 38.4 Å². The number of amides is 2. The molecule has 154 valence electrons. The van der Waals surface area contributed by atoms with Crippen molar-refractivity contribution in [3.8, 4) is 0 Å². The number of ether oxygens (including phenoxy) is 2. The van der Waals surface area contributed by atoms with Gasteiger partial charge in [0, 0.05) is 20.2 Å². The van der Waals surface area contributed by atoms with Crippen LogP contribution in [-0.2, 0) is 38.4 Å². The maximum absolute atomic E-state index is 11.4. The SMILES string of the molecule is C.C.CN[C@H]1CN(CCOC)C1=O.[CH-]=C(NC)C(=O)N([CH]=[W])CCOC.